The van der Waals surface area contributed by atoms with Gasteiger partial charge >= 0.3 is 0 Å². The number of aromatic nitrogens is 2. The van der Waals surface area contributed by atoms with E-state index < -0.39 is 0 Å². The van der Waals surface area contributed by atoms with Crippen molar-refractivity contribution in [1.29, 1.82) is 0 Å². The molecule has 1 unspecified atom stereocenters. The lowest BCUT2D eigenvalue weighted by Gasteiger charge is -2.37. The normalized spacial score (nSPS) is 15.7. The first-order valence-electron chi connectivity index (χ1n) is 11.8. The summed E-state index contributed by atoms with van der Waals surface area (Å²) in [6, 6.07) is 24.2. The number of para-hydroxylation sites is 1. The summed E-state index contributed by atoms with van der Waals surface area (Å²) in [7, 11) is 1.68. The van der Waals surface area contributed by atoms with Gasteiger partial charge in [-0.05, 0) is 50.7 Å². The van der Waals surface area contributed by atoms with E-state index in [0.717, 1.165) is 39.3 Å². The number of ether oxygens (including phenoxy) is 1. The second-order valence-electron chi connectivity index (χ2n) is 8.98. The molecule has 5 rings (SSSR count). The van der Waals surface area contributed by atoms with Crippen molar-refractivity contribution >= 4 is 22.9 Å². The molecular weight excluding hydrogens is 468 g/mol. The van der Waals surface area contributed by atoms with Crippen molar-refractivity contribution in [3.05, 3.63) is 107 Å². The highest BCUT2D eigenvalue weighted by molar-refractivity contribution is 7.80. The Balaban J connectivity index is 1.61. The Hall–Kier alpha value is -3.97. The Bertz CT molecular complexity index is 1440. The van der Waals surface area contributed by atoms with Crippen LogP contribution in [0.25, 0.3) is 17.0 Å². The van der Waals surface area contributed by atoms with Crippen LogP contribution in [0.3, 0.4) is 0 Å². The second-order valence-corrected chi connectivity index (χ2v) is 9.37. The fraction of sp³-hybridized carbons (Fsp3) is 0.207. The molecule has 1 atom stereocenters. The number of aryl methyl sites for hydroxylation is 2. The molecule has 1 aliphatic rings. The highest BCUT2D eigenvalue weighted by Crippen LogP contribution is 2.38. The lowest BCUT2D eigenvalue weighted by molar-refractivity contribution is 0.387. The van der Waals surface area contributed by atoms with Gasteiger partial charge in [0.05, 0.1) is 25.3 Å². The summed E-state index contributed by atoms with van der Waals surface area (Å²) >= 11 is 5.86. The molecule has 1 N–H and O–H groups in total. The lowest BCUT2D eigenvalue weighted by atomic mass is 9.94. The van der Waals surface area contributed by atoms with Gasteiger partial charge in [0.2, 0.25) is 5.82 Å². The summed E-state index contributed by atoms with van der Waals surface area (Å²) in [6.45, 7) is 6.72. The SMILES string of the molecule is COc1ccccc1CN1C(=S)NC(c2ccc(C)cc2)C(c2nc(-c3cccc(C)c3)no2)=C1C. The van der Waals surface area contributed by atoms with Crippen LogP contribution < -0.4 is 10.1 Å². The van der Waals surface area contributed by atoms with Gasteiger partial charge in [0.25, 0.3) is 5.89 Å². The summed E-state index contributed by atoms with van der Waals surface area (Å²) in [5.41, 5.74) is 7.20. The molecule has 36 heavy (non-hydrogen) atoms. The summed E-state index contributed by atoms with van der Waals surface area (Å²) < 4.78 is 11.5. The van der Waals surface area contributed by atoms with Crippen molar-refractivity contribution in [1.82, 2.24) is 20.4 Å². The molecule has 0 fully saturated rings. The van der Waals surface area contributed by atoms with Crippen LogP contribution in [-0.2, 0) is 6.54 Å². The van der Waals surface area contributed by atoms with Gasteiger partial charge in [0.15, 0.2) is 5.11 Å². The van der Waals surface area contributed by atoms with Gasteiger partial charge in [-0.3, -0.25) is 0 Å². The van der Waals surface area contributed by atoms with E-state index in [1.165, 1.54) is 5.56 Å². The van der Waals surface area contributed by atoms with Crippen LogP contribution in [0.1, 0.15) is 41.1 Å². The maximum absolute atomic E-state index is 5.87. The smallest absolute Gasteiger partial charge is 0.258 e. The maximum Gasteiger partial charge on any atom is 0.258 e. The van der Waals surface area contributed by atoms with E-state index in [2.05, 4.69) is 59.6 Å². The zero-order chi connectivity index (χ0) is 25.2. The van der Waals surface area contributed by atoms with Gasteiger partial charge in [0.1, 0.15) is 5.75 Å². The third-order valence-electron chi connectivity index (χ3n) is 6.46. The first kappa shape index (κ1) is 23.8. The molecule has 0 amide bonds. The standard InChI is InChI=1S/C29H28N4O2S/c1-18-12-14-21(15-13-18)26-25(28-31-27(32-35-28)22-10-7-8-19(2)16-22)20(3)33(29(36)30-26)17-23-9-5-6-11-24(23)34-4/h5-16,26H,17H2,1-4H3,(H,30,36). The Labute approximate surface area is 216 Å². The zero-order valence-corrected chi connectivity index (χ0v) is 21.6. The van der Waals surface area contributed by atoms with Crippen LogP contribution in [0.5, 0.6) is 5.75 Å². The molecule has 0 radical (unpaired) electrons. The Morgan fingerprint density at radius 1 is 0.972 bits per heavy atom. The number of nitrogens with one attached hydrogen (secondary N) is 1. The molecule has 0 saturated heterocycles. The van der Waals surface area contributed by atoms with E-state index in [4.69, 9.17) is 26.5 Å². The number of allylic oxidation sites excluding steroid dienone is 1. The summed E-state index contributed by atoms with van der Waals surface area (Å²) in [6.07, 6.45) is 0. The van der Waals surface area contributed by atoms with Gasteiger partial charge in [0, 0.05) is 16.8 Å². The minimum Gasteiger partial charge on any atom is -0.496 e. The average molecular weight is 497 g/mol. The van der Waals surface area contributed by atoms with Gasteiger partial charge in [-0.1, -0.05) is 76.9 Å². The van der Waals surface area contributed by atoms with Gasteiger partial charge in [-0.25, -0.2) is 0 Å². The Morgan fingerprint density at radius 3 is 2.50 bits per heavy atom. The van der Waals surface area contributed by atoms with Crippen molar-refractivity contribution in [2.24, 2.45) is 0 Å². The van der Waals surface area contributed by atoms with Gasteiger partial charge in [-0.15, -0.1) is 0 Å². The highest BCUT2D eigenvalue weighted by atomic mass is 32.1. The molecule has 0 bridgehead atoms. The average Bonchev–Trinajstić information content (AvgIpc) is 3.37. The number of rotatable bonds is 6. The van der Waals surface area contributed by atoms with Crippen molar-refractivity contribution in [3.63, 3.8) is 0 Å². The summed E-state index contributed by atoms with van der Waals surface area (Å²) in [5.74, 6) is 1.84. The van der Waals surface area contributed by atoms with E-state index in [1.54, 1.807) is 7.11 Å². The molecule has 0 saturated carbocycles. The molecule has 4 aromatic rings. The molecule has 6 nitrogen and oxygen atoms in total. The minimum absolute atomic E-state index is 0.224. The van der Waals surface area contributed by atoms with Crippen LogP contribution in [0.4, 0.5) is 0 Å². The molecule has 1 aliphatic heterocycles. The van der Waals surface area contributed by atoms with Gasteiger partial charge < -0.3 is 19.5 Å². The van der Waals surface area contributed by atoms with Crippen molar-refractivity contribution < 1.29 is 9.26 Å². The van der Waals surface area contributed by atoms with E-state index in [1.807, 2.05) is 49.4 Å². The number of thiocarbonyl (C=S) groups is 1. The monoisotopic (exact) mass is 496 g/mol. The van der Waals surface area contributed by atoms with Crippen molar-refractivity contribution in [2.45, 2.75) is 33.4 Å². The molecule has 3 aromatic carbocycles. The fourth-order valence-electron chi connectivity index (χ4n) is 4.50. The zero-order valence-electron chi connectivity index (χ0n) is 20.8. The van der Waals surface area contributed by atoms with E-state index in [9.17, 15) is 0 Å². The molecule has 182 valence electrons. The molecule has 0 spiro atoms. The quantitative estimate of drug-likeness (QED) is 0.318. The number of hydrogen-bond donors (Lipinski definition) is 1. The van der Waals surface area contributed by atoms with Crippen LogP contribution in [0, 0.1) is 13.8 Å². The van der Waals surface area contributed by atoms with Gasteiger partial charge in [-0.2, -0.15) is 4.98 Å². The highest BCUT2D eigenvalue weighted by Gasteiger charge is 2.34. The number of hydrogen-bond acceptors (Lipinski definition) is 5. The molecule has 1 aromatic heterocycles. The molecule has 2 heterocycles. The third-order valence-corrected chi connectivity index (χ3v) is 6.80. The molecule has 7 heteroatoms. The first-order valence-corrected chi connectivity index (χ1v) is 12.2. The number of nitrogens with zero attached hydrogens (tertiary/aromatic N) is 3. The molecule has 0 aliphatic carbocycles. The molecular formula is C29H28N4O2S. The van der Waals surface area contributed by atoms with E-state index in [0.29, 0.717) is 23.4 Å². The summed E-state index contributed by atoms with van der Waals surface area (Å²) in [5, 5.41) is 8.47. The maximum atomic E-state index is 5.87. The van der Waals surface area contributed by atoms with Crippen LogP contribution >= 0.6 is 12.2 Å². The second kappa shape index (κ2) is 9.95. The fourth-order valence-corrected chi connectivity index (χ4v) is 4.82. The Morgan fingerprint density at radius 2 is 1.75 bits per heavy atom. The minimum atomic E-state index is -0.224. The number of methoxy groups -OCH3 is 1. The van der Waals surface area contributed by atoms with E-state index in [-0.39, 0.29) is 6.04 Å². The van der Waals surface area contributed by atoms with Crippen LogP contribution in [0.2, 0.25) is 0 Å². The lowest BCUT2D eigenvalue weighted by Crippen LogP contribution is -2.45. The third kappa shape index (κ3) is 4.62. The largest absolute Gasteiger partial charge is 0.496 e. The van der Waals surface area contributed by atoms with Crippen LogP contribution in [-0.4, -0.2) is 27.3 Å². The Kier molecular flexibility index (Phi) is 6.57. The predicted octanol–water partition coefficient (Wildman–Crippen LogP) is 6.22. The number of benzene rings is 3. The van der Waals surface area contributed by atoms with Crippen molar-refractivity contribution in [3.8, 4) is 17.1 Å². The first-order chi connectivity index (χ1) is 17.4. The topological polar surface area (TPSA) is 63.4 Å². The van der Waals surface area contributed by atoms with Crippen LogP contribution in [0.15, 0.2) is 83.0 Å². The van der Waals surface area contributed by atoms with E-state index >= 15 is 0 Å². The summed E-state index contributed by atoms with van der Waals surface area (Å²) in [4.78, 5) is 6.88. The predicted molar refractivity (Wildman–Crippen MR) is 145 cm³/mol. The van der Waals surface area contributed by atoms with Crippen molar-refractivity contribution in [2.75, 3.05) is 7.11 Å².